The molecule has 0 aromatic heterocycles. The van der Waals surface area contributed by atoms with Gasteiger partial charge in [-0.15, -0.1) is 0 Å². The number of carbonyl (C=O) groups excluding carboxylic acids is 2. The zero-order valence-electron chi connectivity index (χ0n) is 14.7. The maximum absolute atomic E-state index is 12.6. The van der Waals surface area contributed by atoms with Crippen molar-refractivity contribution in [1.82, 2.24) is 10.2 Å². The quantitative estimate of drug-likeness (QED) is 0.867. The van der Waals surface area contributed by atoms with Gasteiger partial charge in [-0.05, 0) is 31.9 Å². The zero-order valence-corrected chi connectivity index (χ0v) is 14.7. The fraction of sp³-hybridized carbons (Fsp3) is 0.500. The minimum Gasteiger partial charge on any atom is -0.481 e. The van der Waals surface area contributed by atoms with E-state index >= 15 is 0 Å². The molecule has 0 saturated carbocycles. The van der Waals surface area contributed by atoms with Crippen molar-refractivity contribution in [1.29, 1.82) is 0 Å². The van der Waals surface area contributed by atoms with Crippen molar-refractivity contribution in [3.63, 3.8) is 0 Å². The molecule has 0 aliphatic carbocycles. The molecule has 1 aromatic carbocycles. The molecule has 7 nitrogen and oxygen atoms in total. The van der Waals surface area contributed by atoms with E-state index in [1.807, 2.05) is 24.3 Å². The molecule has 136 valence electrons. The van der Waals surface area contributed by atoms with Crippen LogP contribution in [0.4, 0.5) is 4.79 Å². The van der Waals surface area contributed by atoms with Gasteiger partial charge < -0.3 is 15.2 Å². The number of carboxylic acid groups (broad SMARTS) is 1. The first kappa shape index (κ1) is 18.8. The molecule has 25 heavy (non-hydrogen) atoms. The van der Waals surface area contributed by atoms with Crippen LogP contribution in [0.15, 0.2) is 24.3 Å². The maximum Gasteiger partial charge on any atom is 0.411 e. The first-order valence-corrected chi connectivity index (χ1v) is 8.23. The number of fused-ring (bicyclic) bond motifs is 1. The highest BCUT2D eigenvalue weighted by molar-refractivity contribution is 5.87. The van der Waals surface area contributed by atoms with E-state index in [-0.39, 0.29) is 25.4 Å². The SMILES string of the molecule is CC(C)(C)OC(=O)N1Cc2ccccc2CC1C(=O)NCCC(=O)O. The average Bonchev–Trinajstić information content (AvgIpc) is 2.51. The molecule has 7 heteroatoms. The Kier molecular flexibility index (Phi) is 5.66. The Morgan fingerprint density at radius 2 is 1.88 bits per heavy atom. The van der Waals surface area contributed by atoms with E-state index in [9.17, 15) is 14.4 Å². The molecular weight excluding hydrogens is 324 g/mol. The van der Waals surface area contributed by atoms with Gasteiger partial charge in [0.15, 0.2) is 0 Å². The molecule has 2 rings (SSSR count). The number of amides is 2. The maximum atomic E-state index is 12.6. The number of ether oxygens (including phenoxy) is 1. The van der Waals surface area contributed by atoms with Gasteiger partial charge in [-0.3, -0.25) is 14.5 Å². The number of hydrogen-bond donors (Lipinski definition) is 2. The Labute approximate surface area is 147 Å². The van der Waals surface area contributed by atoms with Crippen molar-refractivity contribution in [3.8, 4) is 0 Å². The third-order valence-corrected chi connectivity index (χ3v) is 3.82. The summed E-state index contributed by atoms with van der Waals surface area (Å²) in [5.41, 5.74) is 1.31. The molecule has 1 aromatic rings. The molecule has 1 heterocycles. The zero-order chi connectivity index (χ0) is 18.6. The lowest BCUT2D eigenvalue weighted by molar-refractivity contribution is -0.137. The predicted octanol–water partition coefficient (Wildman–Crippen LogP) is 1.94. The highest BCUT2D eigenvalue weighted by Crippen LogP contribution is 2.25. The second-order valence-corrected chi connectivity index (χ2v) is 7.03. The first-order chi connectivity index (χ1) is 11.7. The third kappa shape index (κ3) is 5.20. The van der Waals surface area contributed by atoms with E-state index in [0.29, 0.717) is 6.42 Å². The fourth-order valence-electron chi connectivity index (χ4n) is 2.68. The van der Waals surface area contributed by atoms with Crippen LogP contribution in [0.1, 0.15) is 38.3 Å². The number of hydrogen-bond acceptors (Lipinski definition) is 4. The number of carbonyl (C=O) groups is 3. The predicted molar refractivity (Wildman–Crippen MR) is 91.0 cm³/mol. The summed E-state index contributed by atoms with van der Waals surface area (Å²) in [4.78, 5) is 37.1. The smallest absolute Gasteiger partial charge is 0.411 e. The van der Waals surface area contributed by atoms with Crippen LogP contribution in [0.5, 0.6) is 0 Å². The van der Waals surface area contributed by atoms with E-state index in [1.165, 1.54) is 4.90 Å². The highest BCUT2D eigenvalue weighted by Gasteiger charge is 2.36. The molecule has 1 aliphatic heterocycles. The number of aliphatic carboxylic acids is 1. The summed E-state index contributed by atoms with van der Waals surface area (Å²) < 4.78 is 5.43. The Bertz CT molecular complexity index is 666. The molecular formula is C18H24N2O5. The lowest BCUT2D eigenvalue weighted by Crippen LogP contribution is -2.53. The van der Waals surface area contributed by atoms with E-state index in [0.717, 1.165) is 11.1 Å². The summed E-state index contributed by atoms with van der Waals surface area (Å²) in [6.07, 6.45) is -0.351. The van der Waals surface area contributed by atoms with Crippen LogP contribution < -0.4 is 5.32 Å². The van der Waals surface area contributed by atoms with Gasteiger partial charge in [0.1, 0.15) is 11.6 Å². The minimum atomic E-state index is -0.988. The van der Waals surface area contributed by atoms with Crippen LogP contribution in [-0.2, 0) is 27.3 Å². The van der Waals surface area contributed by atoms with Crippen molar-refractivity contribution in [3.05, 3.63) is 35.4 Å². The summed E-state index contributed by atoms with van der Waals surface area (Å²) in [5, 5.41) is 11.3. The van der Waals surface area contributed by atoms with E-state index in [4.69, 9.17) is 9.84 Å². The van der Waals surface area contributed by atoms with Gasteiger partial charge in [-0.1, -0.05) is 24.3 Å². The van der Waals surface area contributed by atoms with E-state index < -0.39 is 23.7 Å². The molecule has 0 bridgehead atoms. The van der Waals surface area contributed by atoms with Gasteiger partial charge in [0.25, 0.3) is 0 Å². The van der Waals surface area contributed by atoms with E-state index in [2.05, 4.69) is 5.32 Å². The molecule has 2 amide bonds. The molecule has 1 atom stereocenters. The Hall–Kier alpha value is -2.57. The van der Waals surface area contributed by atoms with Crippen LogP contribution in [-0.4, -0.2) is 46.2 Å². The second kappa shape index (κ2) is 7.55. The van der Waals surface area contributed by atoms with Crippen LogP contribution in [0.2, 0.25) is 0 Å². The standard InChI is InChI=1S/C18H24N2O5/c1-18(2,3)25-17(24)20-11-13-7-5-4-6-12(13)10-14(20)16(23)19-9-8-15(21)22/h4-7,14H,8-11H2,1-3H3,(H,19,23)(H,21,22). The summed E-state index contributed by atoms with van der Waals surface area (Å²) in [6, 6.07) is 6.91. The summed E-state index contributed by atoms with van der Waals surface area (Å²) in [7, 11) is 0. The summed E-state index contributed by atoms with van der Waals surface area (Å²) in [6.45, 7) is 5.61. The van der Waals surface area contributed by atoms with Crippen molar-refractivity contribution in [2.24, 2.45) is 0 Å². The highest BCUT2D eigenvalue weighted by atomic mass is 16.6. The van der Waals surface area contributed by atoms with Gasteiger partial charge in [0.2, 0.25) is 5.91 Å². The summed E-state index contributed by atoms with van der Waals surface area (Å²) in [5.74, 6) is -1.36. The molecule has 1 unspecified atom stereocenters. The van der Waals surface area contributed by atoms with E-state index in [1.54, 1.807) is 20.8 Å². The Morgan fingerprint density at radius 1 is 1.24 bits per heavy atom. The van der Waals surface area contributed by atoms with Gasteiger partial charge in [0.05, 0.1) is 13.0 Å². The molecule has 0 fully saturated rings. The van der Waals surface area contributed by atoms with Crippen LogP contribution >= 0.6 is 0 Å². The Morgan fingerprint density at radius 3 is 2.48 bits per heavy atom. The third-order valence-electron chi connectivity index (χ3n) is 3.82. The number of nitrogens with one attached hydrogen (secondary N) is 1. The fourth-order valence-corrected chi connectivity index (χ4v) is 2.68. The largest absolute Gasteiger partial charge is 0.481 e. The van der Waals surface area contributed by atoms with Crippen molar-refractivity contribution >= 4 is 18.0 Å². The minimum absolute atomic E-state index is 0.0223. The lowest BCUT2D eigenvalue weighted by atomic mass is 9.94. The second-order valence-electron chi connectivity index (χ2n) is 7.03. The number of rotatable bonds is 4. The topological polar surface area (TPSA) is 95.9 Å². The number of nitrogens with zero attached hydrogens (tertiary/aromatic N) is 1. The van der Waals surface area contributed by atoms with Crippen LogP contribution in [0.25, 0.3) is 0 Å². The van der Waals surface area contributed by atoms with Crippen LogP contribution in [0.3, 0.4) is 0 Å². The normalized spacial score (nSPS) is 16.8. The molecule has 0 radical (unpaired) electrons. The van der Waals surface area contributed by atoms with Gasteiger partial charge >= 0.3 is 12.1 Å². The number of benzene rings is 1. The van der Waals surface area contributed by atoms with Crippen LogP contribution in [0, 0.1) is 0 Å². The van der Waals surface area contributed by atoms with Gasteiger partial charge in [0, 0.05) is 13.0 Å². The van der Waals surface area contributed by atoms with Gasteiger partial charge in [-0.2, -0.15) is 0 Å². The summed E-state index contributed by atoms with van der Waals surface area (Å²) >= 11 is 0. The number of carboxylic acids is 1. The molecule has 2 N–H and O–H groups in total. The molecule has 0 saturated heterocycles. The lowest BCUT2D eigenvalue weighted by Gasteiger charge is -2.36. The average molecular weight is 348 g/mol. The molecule has 0 spiro atoms. The molecule has 1 aliphatic rings. The van der Waals surface area contributed by atoms with Crippen molar-refractivity contribution in [2.45, 2.75) is 51.8 Å². The monoisotopic (exact) mass is 348 g/mol. The first-order valence-electron chi connectivity index (χ1n) is 8.23. The van der Waals surface area contributed by atoms with Gasteiger partial charge in [-0.25, -0.2) is 4.79 Å². The van der Waals surface area contributed by atoms with Crippen molar-refractivity contribution in [2.75, 3.05) is 6.54 Å². The Balaban J connectivity index is 2.18. The van der Waals surface area contributed by atoms with Crippen molar-refractivity contribution < 1.29 is 24.2 Å².